The highest BCUT2D eigenvalue weighted by Crippen LogP contribution is 2.27. The number of aromatic nitrogens is 3. The molecule has 0 radical (unpaired) electrons. The van der Waals surface area contributed by atoms with E-state index in [0.29, 0.717) is 17.1 Å². The van der Waals surface area contributed by atoms with Crippen molar-refractivity contribution in [2.75, 3.05) is 5.32 Å². The van der Waals surface area contributed by atoms with Crippen LogP contribution in [0.2, 0.25) is 0 Å². The molecule has 0 fully saturated rings. The Morgan fingerprint density at radius 1 is 1.22 bits per heavy atom. The van der Waals surface area contributed by atoms with Gasteiger partial charge in [-0.3, -0.25) is 4.79 Å². The molecule has 23 heavy (non-hydrogen) atoms. The standard InChI is InChI=1S/C16H13FN4O2/c1-21-9-19-13(10-4-6-11(17)7-5-10)15(21)20-16(23)14-12(22)3-2-8-18-14/h2-9,22H,1H3,(H,20,23). The molecule has 0 unspecified atom stereocenters. The van der Waals surface area contributed by atoms with E-state index in [0.717, 1.165) is 0 Å². The first-order chi connectivity index (χ1) is 11.1. The monoisotopic (exact) mass is 312 g/mol. The van der Waals surface area contributed by atoms with Crippen LogP contribution < -0.4 is 5.32 Å². The maximum absolute atomic E-state index is 13.1. The SMILES string of the molecule is Cn1cnc(-c2ccc(F)cc2)c1NC(=O)c1ncccc1O. The van der Waals surface area contributed by atoms with Gasteiger partial charge in [0, 0.05) is 18.8 Å². The van der Waals surface area contributed by atoms with Gasteiger partial charge in [0.2, 0.25) is 0 Å². The first-order valence-corrected chi connectivity index (χ1v) is 6.79. The lowest BCUT2D eigenvalue weighted by atomic mass is 10.1. The number of imidazole rings is 1. The molecule has 2 aromatic heterocycles. The van der Waals surface area contributed by atoms with Crippen LogP contribution in [0.4, 0.5) is 10.2 Å². The second-order valence-electron chi connectivity index (χ2n) is 4.88. The number of nitrogens with zero attached hydrogens (tertiary/aromatic N) is 3. The Kier molecular flexibility index (Phi) is 3.76. The summed E-state index contributed by atoms with van der Waals surface area (Å²) in [6, 6.07) is 8.70. The molecule has 0 aliphatic rings. The summed E-state index contributed by atoms with van der Waals surface area (Å²) in [4.78, 5) is 20.4. The van der Waals surface area contributed by atoms with E-state index in [-0.39, 0.29) is 17.3 Å². The quantitative estimate of drug-likeness (QED) is 0.779. The van der Waals surface area contributed by atoms with E-state index in [1.165, 1.54) is 36.8 Å². The average Bonchev–Trinajstić information content (AvgIpc) is 2.89. The van der Waals surface area contributed by atoms with Gasteiger partial charge in [0.05, 0.1) is 6.33 Å². The molecular formula is C16H13FN4O2. The van der Waals surface area contributed by atoms with Crippen molar-refractivity contribution in [3.63, 3.8) is 0 Å². The van der Waals surface area contributed by atoms with Crippen LogP contribution in [0.5, 0.6) is 5.75 Å². The Balaban J connectivity index is 1.95. The molecule has 0 saturated heterocycles. The molecule has 0 aliphatic heterocycles. The number of aromatic hydroxyl groups is 1. The van der Waals surface area contributed by atoms with Crippen molar-refractivity contribution < 1.29 is 14.3 Å². The maximum atomic E-state index is 13.1. The third-order valence-corrected chi connectivity index (χ3v) is 3.29. The molecule has 0 saturated carbocycles. The summed E-state index contributed by atoms with van der Waals surface area (Å²) in [5.41, 5.74) is 1.07. The summed E-state index contributed by atoms with van der Waals surface area (Å²) < 4.78 is 14.7. The third-order valence-electron chi connectivity index (χ3n) is 3.29. The topological polar surface area (TPSA) is 80.0 Å². The van der Waals surface area contributed by atoms with Crippen LogP contribution in [-0.4, -0.2) is 25.5 Å². The van der Waals surface area contributed by atoms with Crippen molar-refractivity contribution in [3.8, 4) is 17.0 Å². The van der Waals surface area contributed by atoms with E-state index in [4.69, 9.17) is 0 Å². The van der Waals surface area contributed by atoms with Gasteiger partial charge in [-0.2, -0.15) is 0 Å². The summed E-state index contributed by atoms with van der Waals surface area (Å²) in [5.74, 6) is -0.703. The highest BCUT2D eigenvalue weighted by Gasteiger charge is 2.18. The number of amides is 1. The molecule has 1 amide bonds. The van der Waals surface area contributed by atoms with Gasteiger partial charge in [0.15, 0.2) is 5.69 Å². The zero-order valence-electron chi connectivity index (χ0n) is 12.2. The van der Waals surface area contributed by atoms with Gasteiger partial charge in [0.1, 0.15) is 23.1 Å². The molecular weight excluding hydrogens is 299 g/mol. The molecule has 0 spiro atoms. The number of rotatable bonds is 3. The molecule has 0 atom stereocenters. The van der Waals surface area contributed by atoms with Crippen LogP contribution in [0.15, 0.2) is 48.9 Å². The normalized spacial score (nSPS) is 10.5. The minimum Gasteiger partial charge on any atom is -0.505 e. The predicted molar refractivity (Wildman–Crippen MR) is 82.5 cm³/mol. The Bertz CT molecular complexity index is 859. The second kappa shape index (κ2) is 5.88. The average molecular weight is 312 g/mol. The van der Waals surface area contributed by atoms with Gasteiger partial charge in [-0.15, -0.1) is 0 Å². The highest BCUT2D eigenvalue weighted by molar-refractivity contribution is 6.05. The number of pyridine rings is 1. The zero-order chi connectivity index (χ0) is 16.4. The molecule has 2 N–H and O–H groups in total. The van der Waals surface area contributed by atoms with Crippen LogP contribution in [0.25, 0.3) is 11.3 Å². The van der Waals surface area contributed by atoms with Crippen LogP contribution in [0, 0.1) is 5.82 Å². The van der Waals surface area contributed by atoms with Crippen LogP contribution in [0.3, 0.4) is 0 Å². The van der Waals surface area contributed by atoms with Gasteiger partial charge in [-0.1, -0.05) is 0 Å². The molecule has 3 aromatic rings. The zero-order valence-corrected chi connectivity index (χ0v) is 12.2. The van der Waals surface area contributed by atoms with Crippen molar-refractivity contribution in [2.24, 2.45) is 7.05 Å². The fraction of sp³-hybridized carbons (Fsp3) is 0.0625. The Morgan fingerprint density at radius 3 is 2.65 bits per heavy atom. The summed E-state index contributed by atoms with van der Waals surface area (Å²) in [6.45, 7) is 0. The Labute approximate surface area is 131 Å². The maximum Gasteiger partial charge on any atom is 0.279 e. The lowest BCUT2D eigenvalue weighted by Gasteiger charge is -2.09. The molecule has 0 bridgehead atoms. The molecule has 1 aromatic carbocycles. The number of anilines is 1. The van der Waals surface area contributed by atoms with E-state index < -0.39 is 5.91 Å². The van der Waals surface area contributed by atoms with Gasteiger partial charge in [-0.05, 0) is 36.4 Å². The number of hydrogen-bond acceptors (Lipinski definition) is 4. The fourth-order valence-corrected chi connectivity index (χ4v) is 2.14. The van der Waals surface area contributed by atoms with Crippen LogP contribution in [-0.2, 0) is 7.05 Å². The van der Waals surface area contributed by atoms with Crippen molar-refractivity contribution >= 4 is 11.7 Å². The number of benzene rings is 1. The number of aryl methyl sites for hydroxylation is 1. The number of nitrogens with one attached hydrogen (secondary N) is 1. The molecule has 7 heteroatoms. The van der Waals surface area contributed by atoms with E-state index >= 15 is 0 Å². The van der Waals surface area contributed by atoms with E-state index in [2.05, 4.69) is 15.3 Å². The van der Waals surface area contributed by atoms with Crippen molar-refractivity contribution in [1.29, 1.82) is 0 Å². The summed E-state index contributed by atoms with van der Waals surface area (Å²) in [6.07, 6.45) is 2.95. The minimum atomic E-state index is -0.560. The molecule has 6 nitrogen and oxygen atoms in total. The summed E-state index contributed by atoms with van der Waals surface area (Å²) in [5, 5.41) is 12.4. The third kappa shape index (κ3) is 2.89. The van der Waals surface area contributed by atoms with E-state index in [1.807, 2.05) is 0 Å². The highest BCUT2D eigenvalue weighted by atomic mass is 19.1. The largest absolute Gasteiger partial charge is 0.505 e. The first-order valence-electron chi connectivity index (χ1n) is 6.79. The fourth-order valence-electron chi connectivity index (χ4n) is 2.14. The number of carbonyl (C=O) groups is 1. The number of halogens is 1. The van der Waals surface area contributed by atoms with Gasteiger partial charge < -0.3 is 15.0 Å². The summed E-state index contributed by atoms with van der Waals surface area (Å²) >= 11 is 0. The lowest BCUT2D eigenvalue weighted by molar-refractivity contribution is 0.101. The van der Waals surface area contributed by atoms with Gasteiger partial charge >= 0.3 is 0 Å². The van der Waals surface area contributed by atoms with E-state index in [9.17, 15) is 14.3 Å². The number of carbonyl (C=O) groups excluding carboxylic acids is 1. The smallest absolute Gasteiger partial charge is 0.279 e. The Hall–Kier alpha value is -3.22. The number of hydrogen-bond donors (Lipinski definition) is 2. The van der Waals surface area contributed by atoms with Gasteiger partial charge in [0.25, 0.3) is 5.91 Å². The Morgan fingerprint density at radius 2 is 1.96 bits per heavy atom. The van der Waals surface area contributed by atoms with E-state index in [1.54, 1.807) is 23.7 Å². The lowest BCUT2D eigenvalue weighted by Crippen LogP contribution is -2.16. The molecule has 116 valence electrons. The van der Waals surface area contributed by atoms with Crippen molar-refractivity contribution in [2.45, 2.75) is 0 Å². The summed E-state index contributed by atoms with van der Waals surface area (Å²) in [7, 11) is 1.72. The van der Waals surface area contributed by atoms with Crippen LogP contribution >= 0.6 is 0 Å². The van der Waals surface area contributed by atoms with Crippen molar-refractivity contribution in [1.82, 2.24) is 14.5 Å². The molecule has 0 aliphatic carbocycles. The predicted octanol–water partition coefficient (Wildman–Crippen LogP) is 2.58. The van der Waals surface area contributed by atoms with Crippen molar-refractivity contribution in [3.05, 3.63) is 60.4 Å². The van der Waals surface area contributed by atoms with Crippen LogP contribution in [0.1, 0.15) is 10.5 Å². The molecule has 3 rings (SSSR count). The van der Waals surface area contributed by atoms with Gasteiger partial charge in [-0.25, -0.2) is 14.4 Å². The minimum absolute atomic E-state index is 0.0845. The first kappa shape index (κ1) is 14.7. The molecule has 2 heterocycles. The second-order valence-corrected chi connectivity index (χ2v) is 4.88.